The van der Waals surface area contributed by atoms with Crippen molar-refractivity contribution in [3.05, 3.63) is 101 Å². The van der Waals surface area contributed by atoms with Crippen LogP contribution >= 0.6 is 11.6 Å². The quantitative estimate of drug-likeness (QED) is 0.294. The molecule has 1 saturated heterocycles. The number of carbonyl (C=O) groups is 2. The lowest BCUT2D eigenvalue weighted by atomic mass is 9.96. The van der Waals surface area contributed by atoms with Gasteiger partial charge in [0.05, 0.1) is 34.8 Å². The number of hydrogen-bond acceptors (Lipinski definition) is 6. The molecule has 2 atom stereocenters. The first kappa shape index (κ1) is 26.6. The molecule has 4 aromatic rings. The number of likely N-dealkylation sites (tertiary alicyclic amines) is 1. The SMILES string of the molecule is CC(NC(=O)c1ccccc1NC(=O)C1CCCN(Cc2nc(-c3ccccc3Cl)no2)C1)c1ccccc1. The van der Waals surface area contributed by atoms with Crippen molar-refractivity contribution in [1.29, 1.82) is 0 Å². The average molecular weight is 544 g/mol. The van der Waals surface area contributed by atoms with E-state index >= 15 is 0 Å². The van der Waals surface area contributed by atoms with E-state index in [0.29, 0.717) is 46.6 Å². The Bertz CT molecular complexity index is 1440. The number of halogens is 1. The summed E-state index contributed by atoms with van der Waals surface area (Å²) < 4.78 is 5.47. The molecule has 2 N–H and O–H groups in total. The van der Waals surface area contributed by atoms with E-state index < -0.39 is 0 Å². The summed E-state index contributed by atoms with van der Waals surface area (Å²) in [6, 6.07) is 24.0. The van der Waals surface area contributed by atoms with Gasteiger partial charge in [-0.1, -0.05) is 71.4 Å². The standard InChI is InChI=1S/C30H30ClN5O3/c1-20(21-10-3-2-4-11-21)32-30(38)24-14-6-8-16-26(24)33-29(37)22-12-9-17-36(18-22)19-27-34-28(35-39-27)23-13-5-7-15-25(23)31/h2-8,10-11,13-16,20,22H,9,12,17-19H2,1H3,(H,32,38)(H,33,37). The molecule has 39 heavy (non-hydrogen) atoms. The number of aromatic nitrogens is 2. The lowest BCUT2D eigenvalue weighted by Gasteiger charge is -2.31. The number of piperidine rings is 1. The van der Waals surface area contributed by atoms with Crippen LogP contribution in [0.2, 0.25) is 5.02 Å². The molecule has 2 unspecified atom stereocenters. The van der Waals surface area contributed by atoms with Crippen LogP contribution in [0.3, 0.4) is 0 Å². The van der Waals surface area contributed by atoms with Gasteiger partial charge in [0, 0.05) is 12.1 Å². The Hall–Kier alpha value is -4.01. The van der Waals surface area contributed by atoms with Crippen LogP contribution in [0.25, 0.3) is 11.4 Å². The van der Waals surface area contributed by atoms with Crippen LogP contribution in [-0.2, 0) is 11.3 Å². The molecule has 0 radical (unpaired) electrons. The molecule has 1 fully saturated rings. The number of benzene rings is 3. The van der Waals surface area contributed by atoms with Crippen molar-refractivity contribution in [3.8, 4) is 11.4 Å². The number of rotatable bonds is 8. The van der Waals surface area contributed by atoms with Crippen LogP contribution in [0, 0.1) is 5.92 Å². The fraction of sp³-hybridized carbons (Fsp3) is 0.267. The minimum Gasteiger partial charge on any atom is -0.345 e. The van der Waals surface area contributed by atoms with Crippen molar-refractivity contribution >= 4 is 29.1 Å². The summed E-state index contributed by atoms with van der Waals surface area (Å²) in [5.41, 5.74) is 2.65. The summed E-state index contributed by atoms with van der Waals surface area (Å²) in [6.45, 7) is 3.75. The maximum Gasteiger partial charge on any atom is 0.253 e. The lowest BCUT2D eigenvalue weighted by molar-refractivity contribution is -0.121. The number of hydrogen-bond donors (Lipinski definition) is 2. The van der Waals surface area contributed by atoms with Crippen molar-refractivity contribution in [2.75, 3.05) is 18.4 Å². The Morgan fingerprint density at radius 1 is 1.05 bits per heavy atom. The van der Waals surface area contributed by atoms with E-state index in [2.05, 4.69) is 25.7 Å². The molecule has 0 bridgehead atoms. The largest absolute Gasteiger partial charge is 0.345 e. The topological polar surface area (TPSA) is 100 Å². The fourth-order valence-corrected chi connectivity index (χ4v) is 5.02. The Kier molecular flexibility index (Phi) is 8.34. The van der Waals surface area contributed by atoms with Gasteiger partial charge in [0.25, 0.3) is 5.91 Å². The molecule has 8 nitrogen and oxygen atoms in total. The zero-order chi connectivity index (χ0) is 27.2. The van der Waals surface area contributed by atoms with Gasteiger partial charge in [-0.2, -0.15) is 4.98 Å². The highest BCUT2D eigenvalue weighted by Gasteiger charge is 2.28. The number of amides is 2. The molecule has 1 aliphatic rings. The average Bonchev–Trinajstić information content (AvgIpc) is 3.42. The minimum atomic E-state index is -0.238. The van der Waals surface area contributed by atoms with E-state index in [1.165, 1.54) is 0 Å². The highest BCUT2D eigenvalue weighted by Crippen LogP contribution is 2.26. The molecule has 1 aromatic heterocycles. The Morgan fingerprint density at radius 2 is 1.79 bits per heavy atom. The van der Waals surface area contributed by atoms with E-state index in [0.717, 1.165) is 24.9 Å². The molecule has 0 spiro atoms. The molecule has 1 aliphatic heterocycles. The summed E-state index contributed by atoms with van der Waals surface area (Å²) in [5.74, 6) is 0.333. The number of nitrogens with one attached hydrogen (secondary N) is 2. The van der Waals surface area contributed by atoms with E-state index in [1.807, 2.05) is 61.5 Å². The van der Waals surface area contributed by atoms with Gasteiger partial charge < -0.3 is 15.2 Å². The minimum absolute atomic E-state index is 0.113. The Labute approximate surface area is 232 Å². The van der Waals surface area contributed by atoms with Crippen LogP contribution < -0.4 is 10.6 Å². The third-order valence-corrected chi connectivity index (χ3v) is 7.22. The van der Waals surface area contributed by atoms with Crippen LogP contribution in [-0.4, -0.2) is 39.9 Å². The predicted octanol–water partition coefficient (Wildman–Crippen LogP) is 5.73. The van der Waals surface area contributed by atoms with Gasteiger partial charge in [0.15, 0.2) is 0 Å². The molecular weight excluding hydrogens is 514 g/mol. The first-order valence-electron chi connectivity index (χ1n) is 13.0. The van der Waals surface area contributed by atoms with Crippen molar-refractivity contribution in [2.24, 2.45) is 5.92 Å². The zero-order valence-electron chi connectivity index (χ0n) is 21.6. The maximum absolute atomic E-state index is 13.3. The van der Waals surface area contributed by atoms with E-state index in [9.17, 15) is 9.59 Å². The number of anilines is 1. The molecule has 5 rings (SSSR count). The molecule has 2 amide bonds. The lowest BCUT2D eigenvalue weighted by Crippen LogP contribution is -2.40. The summed E-state index contributed by atoms with van der Waals surface area (Å²) >= 11 is 6.26. The molecule has 9 heteroatoms. The highest BCUT2D eigenvalue weighted by atomic mass is 35.5. The van der Waals surface area contributed by atoms with E-state index in [-0.39, 0.29) is 23.8 Å². The van der Waals surface area contributed by atoms with Crippen molar-refractivity contribution in [1.82, 2.24) is 20.4 Å². The Morgan fingerprint density at radius 3 is 2.62 bits per heavy atom. The summed E-state index contributed by atoms with van der Waals surface area (Å²) in [5, 5.41) is 10.7. The third-order valence-electron chi connectivity index (χ3n) is 6.89. The smallest absolute Gasteiger partial charge is 0.253 e. The van der Waals surface area contributed by atoms with Gasteiger partial charge in [0.1, 0.15) is 0 Å². The van der Waals surface area contributed by atoms with Crippen molar-refractivity contribution < 1.29 is 14.1 Å². The molecule has 3 aromatic carbocycles. The Balaban J connectivity index is 1.21. The van der Waals surface area contributed by atoms with Gasteiger partial charge in [-0.05, 0) is 56.1 Å². The number of para-hydroxylation sites is 1. The normalized spacial score (nSPS) is 16.4. The summed E-state index contributed by atoms with van der Waals surface area (Å²) in [7, 11) is 0. The number of nitrogens with zero attached hydrogens (tertiary/aromatic N) is 3. The number of carbonyl (C=O) groups excluding carboxylic acids is 2. The monoisotopic (exact) mass is 543 g/mol. The van der Waals surface area contributed by atoms with Gasteiger partial charge >= 0.3 is 0 Å². The van der Waals surface area contributed by atoms with Crippen LogP contribution in [0.15, 0.2) is 83.4 Å². The van der Waals surface area contributed by atoms with Gasteiger partial charge in [-0.25, -0.2) is 0 Å². The molecule has 0 saturated carbocycles. The molecular formula is C30H30ClN5O3. The molecule has 200 valence electrons. The van der Waals surface area contributed by atoms with E-state index in [4.69, 9.17) is 16.1 Å². The summed E-state index contributed by atoms with van der Waals surface area (Å²) in [6.07, 6.45) is 1.62. The summed E-state index contributed by atoms with van der Waals surface area (Å²) in [4.78, 5) is 33.0. The highest BCUT2D eigenvalue weighted by molar-refractivity contribution is 6.33. The second-order valence-electron chi connectivity index (χ2n) is 9.71. The first-order valence-corrected chi connectivity index (χ1v) is 13.4. The second kappa shape index (κ2) is 12.2. The van der Waals surface area contributed by atoms with Crippen molar-refractivity contribution in [2.45, 2.75) is 32.4 Å². The van der Waals surface area contributed by atoms with Crippen LogP contribution in [0.4, 0.5) is 5.69 Å². The second-order valence-corrected chi connectivity index (χ2v) is 10.1. The van der Waals surface area contributed by atoms with Gasteiger partial charge in [-0.15, -0.1) is 0 Å². The zero-order valence-corrected chi connectivity index (χ0v) is 22.4. The molecule has 2 heterocycles. The van der Waals surface area contributed by atoms with Crippen molar-refractivity contribution in [3.63, 3.8) is 0 Å². The maximum atomic E-state index is 13.3. The van der Waals surface area contributed by atoms with E-state index in [1.54, 1.807) is 24.3 Å². The third kappa shape index (κ3) is 6.53. The fourth-order valence-electron chi connectivity index (χ4n) is 4.80. The molecule has 0 aliphatic carbocycles. The van der Waals surface area contributed by atoms with Crippen LogP contribution in [0.5, 0.6) is 0 Å². The first-order chi connectivity index (χ1) is 19.0. The van der Waals surface area contributed by atoms with Gasteiger partial charge in [-0.3, -0.25) is 14.5 Å². The van der Waals surface area contributed by atoms with Crippen LogP contribution in [0.1, 0.15) is 47.6 Å². The van der Waals surface area contributed by atoms with Gasteiger partial charge in [0.2, 0.25) is 17.6 Å². The predicted molar refractivity (Wildman–Crippen MR) is 150 cm³/mol.